The molecule has 1 atom stereocenters. The van der Waals surface area contributed by atoms with E-state index >= 15 is 0 Å². The Labute approximate surface area is 132 Å². The molecule has 20 heavy (non-hydrogen) atoms. The largest absolute Gasteiger partial charge is 0.312 e. The van der Waals surface area contributed by atoms with E-state index in [0.29, 0.717) is 6.10 Å². The quantitative estimate of drug-likeness (QED) is 0.292. The first-order chi connectivity index (χ1) is 9.70. The molecule has 0 radical (unpaired) electrons. The maximum atomic E-state index is 5.93. The first kappa shape index (κ1) is 20.3. The number of unbranched alkanes of at least 4 members (excludes halogenated alkanes) is 6. The van der Waals surface area contributed by atoms with Gasteiger partial charge in [0.25, 0.3) is 0 Å². The van der Waals surface area contributed by atoms with E-state index in [0.717, 1.165) is 12.2 Å². The lowest BCUT2D eigenvalue weighted by Gasteiger charge is -2.15. The molecular formula is C17H37NOS. The third kappa shape index (κ3) is 14.7. The summed E-state index contributed by atoms with van der Waals surface area (Å²) in [5.74, 6) is 1.14. The van der Waals surface area contributed by atoms with Gasteiger partial charge in [-0.15, -0.1) is 0 Å². The van der Waals surface area contributed by atoms with Crippen LogP contribution in [0.25, 0.3) is 0 Å². The molecule has 1 unspecified atom stereocenters. The average molecular weight is 304 g/mol. The minimum absolute atomic E-state index is 0.472. The summed E-state index contributed by atoms with van der Waals surface area (Å²) in [5.41, 5.74) is 0. The zero-order valence-corrected chi connectivity index (χ0v) is 15.1. The Kier molecular flexibility index (Phi) is 15.9. The fourth-order valence-corrected chi connectivity index (χ4v) is 3.05. The first-order valence-corrected chi connectivity index (χ1v) is 9.54. The highest BCUT2D eigenvalue weighted by atomic mass is 32.2. The van der Waals surface area contributed by atoms with Gasteiger partial charge in [0.1, 0.15) is 0 Å². The van der Waals surface area contributed by atoms with Crippen molar-refractivity contribution in [3.8, 4) is 0 Å². The maximum absolute atomic E-state index is 5.93. The summed E-state index contributed by atoms with van der Waals surface area (Å²) in [5, 5.41) is 0. The number of rotatable bonds is 15. The molecule has 0 aliphatic heterocycles. The molecule has 0 N–H and O–H groups in total. The molecule has 3 heteroatoms. The van der Waals surface area contributed by atoms with Crippen molar-refractivity contribution in [2.24, 2.45) is 0 Å². The Bertz CT molecular complexity index is 188. The zero-order valence-electron chi connectivity index (χ0n) is 14.3. The highest BCUT2D eigenvalue weighted by molar-refractivity contribution is 7.94. The lowest BCUT2D eigenvalue weighted by molar-refractivity contribution is 0.218. The van der Waals surface area contributed by atoms with Crippen molar-refractivity contribution in [2.75, 3.05) is 26.4 Å². The molecular weight excluding hydrogens is 266 g/mol. The van der Waals surface area contributed by atoms with Gasteiger partial charge in [0, 0.05) is 5.75 Å². The fourth-order valence-electron chi connectivity index (χ4n) is 2.21. The van der Waals surface area contributed by atoms with E-state index in [4.69, 9.17) is 4.18 Å². The van der Waals surface area contributed by atoms with Gasteiger partial charge >= 0.3 is 0 Å². The average Bonchev–Trinajstić information content (AvgIpc) is 2.43. The SMILES string of the molecule is CCCCCCCCC(CC)OSCCCCN(C)C. The third-order valence-electron chi connectivity index (χ3n) is 3.62. The zero-order chi connectivity index (χ0) is 15.1. The molecule has 0 fully saturated rings. The Morgan fingerprint density at radius 1 is 0.900 bits per heavy atom. The van der Waals surface area contributed by atoms with Crippen molar-refractivity contribution >= 4 is 12.0 Å². The molecule has 0 bridgehead atoms. The highest BCUT2D eigenvalue weighted by Crippen LogP contribution is 2.18. The van der Waals surface area contributed by atoms with Crippen molar-refractivity contribution < 1.29 is 4.18 Å². The second-order valence-corrected chi connectivity index (χ2v) is 6.85. The van der Waals surface area contributed by atoms with Crippen LogP contribution in [0.5, 0.6) is 0 Å². The molecule has 2 nitrogen and oxygen atoms in total. The van der Waals surface area contributed by atoms with E-state index in [-0.39, 0.29) is 0 Å². The number of hydrogen-bond acceptors (Lipinski definition) is 3. The predicted octanol–water partition coefficient (Wildman–Crippen LogP) is 5.52. The Balaban J connectivity index is 3.33. The minimum atomic E-state index is 0.472. The van der Waals surface area contributed by atoms with Gasteiger partial charge < -0.3 is 9.08 Å². The summed E-state index contributed by atoms with van der Waals surface area (Å²) in [6, 6.07) is 0. The summed E-state index contributed by atoms with van der Waals surface area (Å²) < 4.78 is 5.93. The van der Waals surface area contributed by atoms with Crippen LogP contribution in [0.1, 0.15) is 78.1 Å². The smallest absolute Gasteiger partial charge is 0.0719 e. The van der Waals surface area contributed by atoms with Gasteiger partial charge in [0.15, 0.2) is 0 Å². The van der Waals surface area contributed by atoms with Crippen LogP contribution in [0.4, 0.5) is 0 Å². The molecule has 0 spiro atoms. The van der Waals surface area contributed by atoms with Crippen molar-refractivity contribution in [3.63, 3.8) is 0 Å². The van der Waals surface area contributed by atoms with Crippen LogP contribution in [-0.2, 0) is 4.18 Å². The molecule has 0 aliphatic carbocycles. The Morgan fingerprint density at radius 3 is 2.25 bits per heavy atom. The number of nitrogens with zero attached hydrogens (tertiary/aromatic N) is 1. The first-order valence-electron chi connectivity index (χ1n) is 8.63. The van der Waals surface area contributed by atoms with Crippen LogP contribution < -0.4 is 0 Å². The van der Waals surface area contributed by atoms with Crippen LogP contribution in [0, 0.1) is 0 Å². The van der Waals surface area contributed by atoms with Gasteiger partial charge in [0.2, 0.25) is 0 Å². The second-order valence-electron chi connectivity index (χ2n) is 6.02. The lowest BCUT2D eigenvalue weighted by Crippen LogP contribution is -2.13. The van der Waals surface area contributed by atoms with Gasteiger partial charge in [-0.1, -0.05) is 52.4 Å². The summed E-state index contributed by atoms with van der Waals surface area (Å²) in [6.07, 6.45) is 13.7. The third-order valence-corrected chi connectivity index (χ3v) is 4.49. The predicted molar refractivity (Wildman–Crippen MR) is 93.4 cm³/mol. The summed E-state index contributed by atoms with van der Waals surface area (Å²) >= 11 is 1.69. The molecule has 0 aromatic heterocycles. The highest BCUT2D eigenvalue weighted by Gasteiger charge is 2.06. The minimum Gasteiger partial charge on any atom is -0.312 e. The summed E-state index contributed by atoms with van der Waals surface area (Å²) in [7, 11) is 4.27. The molecule has 122 valence electrons. The molecule has 0 saturated heterocycles. The van der Waals surface area contributed by atoms with E-state index < -0.39 is 0 Å². The van der Waals surface area contributed by atoms with E-state index in [9.17, 15) is 0 Å². The van der Waals surface area contributed by atoms with Crippen molar-refractivity contribution in [3.05, 3.63) is 0 Å². The summed E-state index contributed by atoms with van der Waals surface area (Å²) in [6.45, 7) is 5.71. The Hall–Kier alpha value is 0.270. The van der Waals surface area contributed by atoms with Crippen LogP contribution in [0.2, 0.25) is 0 Å². The fraction of sp³-hybridized carbons (Fsp3) is 1.00. The Morgan fingerprint density at radius 2 is 1.60 bits per heavy atom. The molecule has 0 saturated carbocycles. The molecule has 0 aromatic rings. The van der Waals surface area contributed by atoms with Crippen molar-refractivity contribution in [1.82, 2.24) is 4.90 Å². The van der Waals surface area contributed by atoms with Crippen LogP contribution in [0.3, 0.4) is 0 Å². The van der Waals surface area contributed by atoms with E-state index in [1.165, 1.54) is 64.3 Å². The van der Waals surface area contributed by atoms with Gasteiger partial charge in [0.05, 0.1) is 6.10 Å². The van der Waals surface area contributed by atoms with Gasteiger partial charge in [-0.2, -0.15) is 0 Å². The van der Waals surface area contributed by atoms with Gasteiger partial charge in [-0.05, 0) is 58.4 Å². The molecule has 0 aromatic carbocycles. The van der Waals surface area contributed by atoms with Crippen LogP contribution >= 0.6 is 12.0 Å². The van der Waals surface area contributed by atoms with E-state index in [1.807, 2.05) is 0 Å². The van der Waals surface area contributed by atoms with E-state index in [2.05, 4.69) is 32.8 Å². The molecule has 0 amide bonds. The maximum Gasteiger partial charge on any atom is 0.0719 e. The van der Waals surface area contributed by atoms with Crippen LogP contribution in [0.15, 0.2) is 0 Å². The lowest BCUT2D eigenvalue weighted by atomic mass is 10.1. The van der Waals surface area contributed by atoms with Crippen molar-refractivity contribution in [1.29, 1.82) is 0 Å². The van der Waals surface area contributed by atoms with E-state index in [1.54, 1.807) is 12.0 Å². The normalized spacial score (nSPS) is 13.1. The van der Waals surface area contributed by atoms with Gasteiger partial charge in [-0.3, -0.25) is 0 Å². The molecule has 0 aliphatic rings. The topological polar surface area (TPSA) is 12.5 Å². The van der Waals surface area contributed by atoms with Crippen LogP contribution in [-0.4, -0.2) is 37.4 Å². The molecule has 0 rings (SSSR count). The monoisotopic (exact) mass is 303 g/mol. The number of hydrogen-bond donors (Lipinski definition) is 0. The van der Waals surface area contributed by atoms with Crippen molar-refractivity contribution in [2.45, 2.75) is 84.2 Å². The standard InChI is InChI=1S/C17H37NOS/c1-5-7-8-9-10-11-14-17(6-2)19-20-16-13-12-15-18(3)4/h17H,5-16H2,1-4H3. The molecule has 0 heterocycles. The second kappa shape index (κ2) is 15.7. The summed E-state index contributed by atoms with van der Waals surface area (Å²) in [4.78, 5) is 2.25. The van der Waals surface area contributed by atoms with Gasteiger partial charge in [-0.25, -0.2) is 0 Å².